The SMILES string of the molecule is C=C(C)C(=O)OC1CC2CC1CC2C(=O)OC(C)(C)C. The fraction of sp³-hybridized carbons (Fsp3) is 0.750. The van der Waals surface area contributed by atoms with Crippen molar-refractivity contribution in [1.29, 1.82) is 0 Å². The summed E-state index contributed by atoms with van der Waals surface area (Å²) in [6, 6.07) is 0. The summed E-state index contributed by atoms with van der Waals surface area (Å²) >= 11 is 0. The third kappa shape index (κ3) is 3.22. The summed E-state index contributed by atoms with van der Waals surface area (Å²) in [6.45, 7) is 10.9. The maximum Gasteiger partial charge on any atom is 0.333 e. The molecule has 0 N–H and O–H groups in total. The van der Waals surface area contributed by atoms with Crippen LogP contribution in [0.15, 0.2) is 12.2 Å². The maximum atomic E-state index is 12.1. The predicted octanol–water partition coefficient (Wildman–Crippen LogP) is 2.86. The Morgan fingerprint density at radius 3 is 2.20 bits per heavy atom. The largest absolute Gasteiger partial charge is 0.460 e. The molecular formula is C16H24O4. The highest BCUT2D eigenvalue weighted by Crippen LogP contribution is 2.50. The van der Waals surface area contributed by atoms with E-state index in [1.807, 2.05) is 20.8 Å². The van der Waals surface area contributed by atoms with Gasteiger partial charge in [-0.2, -0.15) is 0 Å². The third-order valence-corrected chi connectivity index (χ3v) is 4.11. The first-order valence-corrected chi connectivity index (χ1v) is 7.26. The van der Waals surface area contributed by atoms with Crippen LogP contribution < -0.4 is 0 Å². The molecule has 112 valence electrons. The number of carbonyl (C=O) groups is 2. The summed E-state index contributed by atoms with van der Waals surface area (Å²) in [4.78, 5) is 23.7. The Balaban J connectivity index is 1.90. The zero-order valence-corrected chi connectivity index (χ0v) is 12.8. The van der Waals surface area contributed by atoms with E-state index >= 15 is 0 Å². The molecule has 0 amide bonds. The van der Waals surface area contributed by atoms with Gasteiger partial charge in [-0.3, -0.25) is 4.79 Å². The van der Waals surface area contributed by atoms with E-state index in [-0.39, 0.29) is 29.9 Å². The van der Waals surface area contributed by atoms with Crippen LogP contribution in [-0.2, 0) is 19.1 Å². The first-order valence-electron chi connectivity index (χ1n) is 7.26. The second kappa shape index (κ2) is 5.23. The summed E-state index contributed by atoms with van der Waals surface area (Å²) < 4.78 is 10.9. The van der Waals surface area contributed by atoms with E-state index in [0.717, 1.165) is 19.3 Å². The molecule has 4 heteroatoms. The molecule has 0 aliphatic heterocycles. The summed E-state index contributed by atoms with van der Waals surface area (Å²) in [5.74, 6) is 0.128. The Morgan fingerprint density at radius 2 is 1.75 bits per heavy atom. The van der Waals surface area contributed by atoms with Crippen LogP contribution in [0.4, 0.5) is 0 Å². The molecule has 2 rings (SSSR count). The van der Waals surface area contributed by atoms with Gasteiger partial charge in [-0.25, -0.2) is 4.79 Å². The van der Waals surface area contributed by atoms with Gasteiger partial charge < -0.3 is 9.47 Å². The molecule has 0 aromatic carbocycles. The number of fused-ring (bicyclic) bond motifs is 2. The van der Waals surface area contributed by atoms with Crippen molar-refractivity contribution in [3.63, 3.8) is 0 Å². The highest BCUT2D eigenvalue weighted by molar-refractivity contribution is 5.87. The standard InChI is InChI=1S/C16H24O4/c1-9(2)14(17)19-13-8-10-6-11(13)7-12(10)15(18)20-16(3,4)5/h10-13H,1,6-8H2,2-5H3. The Morgan fingerprint density at radius 1 is 1.10 bits per heavy atom. The van der Waals surface area contributed by atoms with Crippen LogP contribution in [-0.4, -0.2) is 23.6 Å². The van der Waals surface area contributed by atoms with Gasteiger partial charge in [0, 0.05) is 5.57 Å². The molecule has 0 aromatic rings. The molecule has 2 bridgehead atoms. The fourth-order valence-corrected chi connectivity index (χ4v) is 3.27. The lowest BCUT2D eigenvalue weighted by Crippen LogP contribution is -2.34. The van der Waals surface area contributed by atoms with Gasteiger partial charge >= 0.3 is 11.9 Å². The zero-order chi connectivity index (χ0) is 15.1. The van der Waals surface area contributed by atoms with Crippen LogP contribution >= 0.6 is 0 Å². The monoisotopic (exact) mass is 280 g/mol. The van der Waals surface area contributed by atoms with Gasteiger partial charge in [0.2, 0.25) is 0 Å². The van der Waals surface area contributed by atoms with E-state index in [0.29, 0.717) is 11.5 Å². The van der Waals surface area contributed by atoms with Crippen molar-refractivity contribution in [2.45, 2.75) is 58.7 Å². The van der Waals surface area contributed by atoms with Gasteiger partial charge in [0.15, 0.2) is 0 Å². The molecule has 0 saturated heterocycles. The van der Waals surface area contributed by atoms with Gasteiger partial charge in [-0.05, 0) is 58.8 Å². The molecule has 0 aromatic heterocycles. The molecule has 4 nitrogen and oxygen atoms in total. The lowest BCUT2D eigenvalue weighted by molar-refractivity contribution is -0.163. The zero-order valence-electron chi connectivity index (χ0n) is 12.8. The summed E-state index contributed by atoms with van der Waals surface area (Å²) in [5.41, 5.74) is -0.0125. The lowest BCUT2D eigenvalue weighted by atomic mass is 9.87. The van der Waals surface area contributed by atoms with Crippen molar-refractivity contribution in [2.75, 3.05) is 0 Å². The van der Waals surface area contributed by atoms with Gasteiger partial charge in [0.1, 0.15) is 11.7 Å². The van der Waals surface area contributed by atoms with Gasteiger partial charge in [-0.1, -0.05) is 6.58 Å². The third-order valence-electron chi connectivity index (χ3n) is 4.11. The van der Waals surface area contributed by atoms with Crippen molar-refractivity contribution >= 4 is 11.9 Å². The molecular weight excluding hydrogens is 256 g/mol. The van der Waals surface area contributed by atoms with Crippen LogP contribution in [0, 0.1) is 17.8 Å². The molecule has 0 radical (unpaired) electrons. The Hall–Kier alpha value is -1.32. The number of hydrogen-bond donors (Lipinski definition) is 0. The van der Waals surface area contributed by atoms with Crippen molar-refractivity contribution < 1.29 is 19.1 Å². The van der Waals surface area contributed by atoms with E-state index in [1.165, 1.54) is 0 Å². The second-order valence-electron chi connectivity index (χ2n) is 7.09. The molecule has 4 atom stereocenters. The lowest BCUT2D eigenvalue weighted by Gasteiger charge is -2.29. The fourth-order valence-electron chi connectivity index (χ4n) is 3.27. The minimum Gasteiger partial charge on any atom is -0.460 e. The number of esters is 2. The predicted molar refractivity (Wildman–Crippen MR) is 74.9 cm³/mol. The van der Waals surface area contributed by atoms with Crippen LogP contribution in [0.3, 0.4) is 0 Å². The molecule has 2 aliphatic carbocycles. The highest BCUT2D eigenvalue weighted by Gasteiger charge is 2.51. The molecule has 20 heavy (non-hydrogen) atoms. The Bertz CT molecular complexity index is 432. The van der Waals surface area contributed by atoms with Crippen LogP contribution in [0.2, 0.25) is 0 Å². The topological polar surface area (TPSA) is 52.6 Å². The summed E-state index contributed by atoms with van der Waals surface area (Å²) in [5, 5.41) is 0. The van der Waals surface area contributed by atoms with Crippen LogP contribution in [0.1, 0.15) is 47.0 Å². The van der Waals surface area contributed by atoms with Gasteiger partial charge in [-0.15, -0.1) is 0 Å². The average Bonchev–Trinajstić information content (AvgIpc) is 2.85. The summed E-state index contributed by atoms with van der Waals surface area (Å²) in [7, 11) is 0. The maximum absolute atomic E-state index is 12.1. The molecule has 2 aliphatic rings. The van der Waals surface area contributed by atoms with E-state index in [1.54, 1.807) is 6.92 Å². The molecule has 0 heterocycles. The van der Waals surface area contributed by atoms with E-state index < -0.39 is 5.60 Å². The molecule has 0 spiro atoms. The number of carbonyl (C=O) groups excluding carboxylic acids is 2. The highest BCUT2D eigenvalue weighted by atomic mass is 16.6. The molecule has 4 unspecified atom stereocenters. The van der Waals surface area contributed by atoms with Gasteiger partial charge in [0.05, 0.1) is 5.92 Å². The molecule has 2 saturated carbocycles. The van der Waals surface area contributed by atoms with Crippen LogP contribution in [0.5, 0.6) is 0 Å². The Kier molecular flexibility index (Phi) is 3.94. The number of hydrogen-bond acceptors (Lipinski definition) is 4. The number of rotatable bonds is 3. The average molecular weight is 280 g/mol. The second-order valence-corrected chi connectivity index (χ2v) is 7.09. The smallest absolute Gasteiger partial charge is 0.333 e. The first-order chi connectivity index (χ1) is 9.17. The minimum atomic E-state index is -0.440. The number of ether oxygens (including phenoxy) is 2. The van der Waals surface area contributed by atoms with Crippen molar-refractivity contribution in [2.24, 2.45) is 17.8 Å². The molecule has 2 fully saturated rings. The van der Waals surface area contributed by atoms with E-state index in [2.05, 4.69) is 6.58 Å². The van der Waals surface area contributed by atoms with E-state index in [9.17, 15) is 9.59 Å². The van der Waals surface area contributed by atoms with E-state index in [4.69, 9.17) is 9.47 Å². The minimum absolute atomic E-state index is 0.0287. The van der Waals surface area contributed by atoms with Crippen molar-refractivity contribution in [3.05, 3.63) is 12.2 Å². The van der Waals surface area contributed by atoms with Crippen molar-refractivity contribution in [3.8, 4) is 0 Å². The summed E-state index contributed by atoms with van der Waals surface area (Å²) in [6.07, 6.45) is 2.45. The Labute approximate surface area is 120 Å². The van der Waals surface area contributed by atoms with Gasteiger partial charge in [0.25, 0.3) is 0 Å². The first kappa shape index (κ1) is 15.1. The normalized spacial score (nSPS) is 32.0. The quantitative estimate of drug-likeness (QED) is 0.589. The van der Waals surface area contributed by atoms with Crippen molar-refractivity contribution in [1.82, 2.24) is 0 Å². The van der Waals surface area contributed by atoms with Crippen LogP contribution in [0.25, 0.3) is 0 Å².